The fourth-order valence-corrected chi connectivity index (χ4v) is 6.81. The Balaban J connectivity index is 1.35. The van der Waals surface area contributed by atoms with Crippen LogP contribution in [0.2, 0.25) is 0 Å². The van der Waals surface area contributed by atoms with Crippen LogP contribution in [0.4, 0.5) is 40.4 Å². The molecule has 310 valence electrons. The summed E-state index contributed by atoms with van der Waals surface area (Å²) in [5.41, 5.74) is -2.26. The molecule has 57 heavy (non-hydrogen) atoms. The van der Waals surface area contributed by atoms with E-state index in [1.807, 2.05) is 20.8 Å². The zero-order valence-electron chi connectivity index (χ0n) is 33.8. The molecule has 15 nitrogen and oxygen atoms in total. The zero-order chi connectivity index (χ0) is 42.1. The molecule has 0 unspecified atom stereocenters. The summed E-state index contributed by atoms with van der Waals surface area (Å²) in [5, 5.41) is 18.6. The molecule has 0 saturated heterocycles. The minimum absolute atomic E-state index is 0.0947. The van der Waals surface area contributed by atoms with Crippen molar-refractivity contribution < 1.29 is 47.0 Å². The summed E-state index contributed by atoms with van der Waals surface area (Å²) in [6, 6.07) is 9.15. The Hall–Kier alpha value is -5.35. The van der Waals surface area contributed by atoms with Crippen LogP contribution in [0.1, 0.15) is 118 Å². The molecule has 2 amide bonds. The number of alkyl carbamates (subject to hydrolysis) is 1. The van der Waals surface area contributed by atoms with E-state index in [2.05, 4.69) is 10.3 Å². The van der Waals surface area contributed by atoms with Crippen molar-refractivity contribution in [3.05, 3.63) is 70.2 Å². The average Bonchev–Trinajstić information content (AvgIpc) is 3.70. The van der Waals surface area contributed by atoms with Crippen LogP contribution < -0.4 is 15.0 Å². The lowest BCUT2D eigenvalue weighted by molar-refractivity contribution is -0.384. The Morgan fingerprint density at radius 2 is 1.58 bits per heavy atom. The van der Waals surface area contributed by atoms with E-state index in [4.69, 9.17) is 24.0 Å². The van der Waals surface area contributed by atoms with Gasteiger partial charge in [-0.1, -0.05) is 0 Å². The lowest BCUT2D eigenvalue weighted by Gasteiger charge is -2.37. The van der Waals surface area contributed by atoms with Gasteiger partial charge in [0.25, 0.3) is 11.6 Å². The molecule has 0 spiro atoms. The number of hydrogen-bond acceptors (Lipinski definition) is 11. The maximum absolute atomic E-state index is 15.9. The van der Waals surface area contributed by atoms with Crippen molar-refractivity contribution in [2.24, 2.45) is 5.92 Å². The summed E-state index contributed by atoms with van der Waals surface area (Å²) in [5.74, 6) is -3.55. The molecule has 0 aliphatic heterocycles. The van der Waals surface area contributed by atoms with Crippen molar-refractivity contribution >= 4 is 35.5 Å². The molecule has 1 aromatic carbocycles. The van der Waals surface area contributed by atoms with E-state index in [0.717, 1.165) is 0 Å². The largest absolute Gasteiger partial charge is 0.514 e. The molecule has 2 saturated carbocycles. The van der Waals surface area contributed by atoms with Gasteiger partial charge in [0.15, 0.2) is 0 Å². The van der Waals surface area contributed by atoms with E-state index in [1.165, 1.54) is 47.5 Å². The number of nitrogens with zero attached hydrogens (tertiary/aromatic N) is 5. The number of ether oxygens (including phenoxy) is 4. The summed E-state index contributed by atoms with van der Waals surface area (Å²) in [6.45, 7) is 16.0. The second-order valence-electron chi connectivity index (χ2n) is 17.7. The summed E-state index contributed by atoms with van der Waals surface area (Å²) >= 11 is 0. The van der Waals surface area contributed by atoms with Gasteiger partial charge in [0.1, 0.15) is 34.6 Å². The first-order valence-corrected chi connectivity index (χ1v) is 19.0. The number of carbonyl (C=O) groups excluding carboxylic acids is 3. The molecule has 2 aliphatic carbocycles. The number of carbonyl (C=O) groups is 3. The van der Waals surface area contributed by atoms with Crippen LogP contribution in [0.5, 0.6) is 5.75 Å². The van der Waals surface area contributed by atoms with E-state index in [-0.39, 0.29) is 40.8 Å². The summed E-state index contributed by atoms with van der Waals surface area (Å²) < 4.78 is 55.4. The molecule has 1 N–H and O–H groups in total. The predicted molar refractivity (Wildman–Crippen MR) is 205 cm³/mol. The summed E-state index contributed by atoms with van der Waals surface area (Å²) in [4.78, 5) is 54.4. The number of alkyl halides is 2. The maximum Gasteiger partial charge on any atom is 0.514 e. The lowest BCUT2D eigenvalue weighted by atomic mass is 9.76. The highest BCUT2D eigenvalue weighted by atomic mass is 19.3. The number of pyridine rings is 1. The first kappa shape index (κ1) is 42.8. The van der Waals surface area contributed by atoms with E-state index >= 15 is 8.78 Å². The van der Waals surface area contributed by atoms with Gasteiger partial charge in [0.05, 0.1) is 21.8 Å². The third-order valence-electron chi connectivity index (χ3n) is 9.34. The van der Waals surface area contributed by atoms with E-state index in [9.17, 15) is 24.5 Å². The molecular weight excluding hydrogens is 746 g/mol. The van der Waals surface area contributed by atoms with Crippen LogP contribution in [-0.4, -0.2) is 61.4 Å². The fourth-order valence-electron chi connectivity index (χ4n) is 6.81. The average molecular weight is 799 g/mol. The van der Waals surface area contributed by atoms with Gasteiger partial charge >= 0.3 is 18.3 Å². The number of nitrogens with one attached hydrogen (secondary N) is 1. The van der Waals surface area contributed by atoms with Crippen molar-refractivity contribution in [3.8, 4) is 5.75 Å². The van der Waals surface area contributed by atoms with Crippen molar-refractivity contribution in [2.45, 2.75) is 142 Å². The summed E-state index contributed by atoms with van der Waals surface area (Å²) in [6.07, 6.45) is 0.0603. The second-order valence-corrected chi connectivity index (χ2v) is 17.7. The van der Waals surface area contributed by atoms with Gasteiger partial charge in [-0.15, -0.1) is 0 Å². The maximum atomic E-state index is 15.9. The van der Waals surface area contributed by atoms with E-state index < -0.39 is 64.1 Å². The second kappa shape index (κ2) is 16.3. The highest BCUT2D eigenvalue weighted by Crippen LogP contribution is 2.44. The number of benzene rings is 1. The van der Waals surface area contributed by atoms with Crippen LogP contribution in [0, 0.1) is 16.0 Å². The molecule has 0 radical (unpaired) electrons. The van der Waals surface area contributed by atoms with Gasteiger partial charge in [-0.05, 0) is 125 Å². The van der Waals surface area contributed by atoms with Crippen LogP contribution in [-0.2, 0) is 25.7 Å². The highest BCUT2D eigenvalue weighted by Gasteiger charge is 2.43. The fraction of sp³-hybridized carbons (Fsp3) is 0.575. The number of aromatic nitrogens is 3. The zero-order valence-corrected chi connectivity index (χ0v) is 33.8. The number of rotatable bonds is 10. The van der Waals surface area contributed by atoms with Crippen LogP contribution in [0.15, 0.2) is 48.7 Å². The molecule has 2 aromatic heterocycles. The Morgan fingerprint density at radius 1 is 0.930 bits per heavy atom. The number of nitro groups is 1. The van der Waals surface area contributed by atoms with Gasteiger partial charge in [-0.2, -0.15) is 13.9 Å². The quantitative estimate of drug-likeness (QED) is 0.0679. The van der Waals surface area contributed by atoms with Gasteiger partial charge in [-0.25, -0.2) is 24.0 Å². The van der Waals surface area contributed by atoms with Gasteiger partial charge in [0, 0.05) is 42.8 Å². The van der Waals surface area contributed by atoms with Crippen molar-refractivity contribution in [1.82, 2.24) is 20.1 Å². The number of amides is 2. The molecular formula is C40H52F2N6O9. The molecule has 2 fully saturated rings. The number of anilines is 2. The number of non-ortho nitro benzene ring substituents is 1. The molecule has 2 heterocycles. The Labute approximate surface area is 330 Å². The van der Waals surface area contributed by atoms with Crippen molar-refractivity contribution in [1.29, 1.82) is 0 Å². The van der Waals surface area contributed by atoms with Crippen molar-refractivity contribution in [3.63, 3.8) is 0 Å². The minimum Gasteiger partial charge on any atom is -0.444 e. The minimum atomic E-state index is -3.36. The standard InChI is InChI=1S/C40H52F2N6O9/c1-37(2,3)47-33(22-31(45-47)25-10-13-30(20-25)55-36(51)54-29-14-11-27(12-15-29)48(52)53)46(35(50)57-39(7,8)9)28-16-17-43-32(21-28)40(41,42)23-24-18-26(19-24)44-34(49)56-38(4,5)6/h11-12,14-17,21-22,24-26,30H,10,13,18-20,23H2,1-9H3,(H,44,49)/t24?,25-,26?,30+/m0/s1. The summed E-state index contributed by atoms with van der Waals surface area (Å²) in [7, 11) is 0. The highest BCUT2D eigenvalue weighted by molar-refractivity contribution is 5.95. The molecule has 3 aromatic rings. The first-order valence-electron chi connectivity index (χ1n) is 19.0. The van der Waals surface area contributed by atoms with Crippen LogP contribution in [0.25, 0.3) is 0 Å². The van der Waals surface area contributed by atoms with Gasteiger partial charge in [-0.3, -0.25) is 15.1 Å². The van der Waals surface area contributed by atoms with Gasteiger partial charge < -0.3 is 24.3 Å². The Bertz CT molecular complexity index is 1940. The molecule has 17 heteroatoms. The predicted octanol–water partition coefficient (Wildman–Crippen LogP) is 9.65. The van der Waals surface area contributed by atoms with Crippen LogP contribution >= 0.6 is 0 Å². The number of nitro benzene ring substituents is 1. The SMILES string of the molecule is CC(C)(C)OC(=O)NC1CC(CC(F)(F)c2cc(N(C(=O)OC(C)(C)C)c3cc([C@H]4CC[C@@H](OC(=O)Oc5ccc([N+](=O)[O-])cc5)C4)nn3C(C)(C)C)ccn2)C1. The monoisotopic (exact) mass is 798 g/mol. The first-order chi connectivity index (χ1) is 26.4. The van der Waals surface area contributed by atoms with E-state index in [1.54, 1.807) is 52.3 Å². The third kappa shape index (κ3) is 11.4. The topological polar surface area (TPSA) is 177 Å². The normalized spacial score (nSPS) is 19.9. The Kier molecular flexibility index (Phi) is 12.2. The van der Waals surface area contributed by atoms with Crippen LogP contribution in [0.3, 0.4) is 0 Å². The third-order valence-corrected chi connectivity index (χ3v) is 9.34. The van der Waals surface area contributed by atoms with Crippen molar-refractivity contribution in [2.75, 3.05) is 4.90 Å². The number of halogens is 2. The number of hydrogen-bond donors (Lipinski definition) is 1. The lowest BCUT2D eigenvalue weighted by Crippen LogP contribution is -2.47. The smallest absolute Gasteiger partial charge is 0.444 e. The molecule has 2 atom stereocenters. The molecule has 2 aliphatic rings. The van der Waals surface area contributed by atoms with E-state index in [0.29, 0.717) is 37.8 Å². The molecule has 0 bridgehead atoms. The molecule has 5 rings (SSSR count). The van der Waals surface area contributed by atoms with Gasteiger partial charge in [0.2, 0.25) is 0 Å². The Morgan fingerprint density at radius 3 is 2.18 bits per heavy atom.